The van der Waals surface area contributed by atoms with Crippen LogP contribution in [-0.4, -0.2) is 38.0 Å². The summed E-state index contributed by atoms with van der Waals surface area (Å²) in [6.45, 7) is -0.171. The number of para-hydroxylation sites is 2. The van der Waals surface area contributed by atoms with E-state index in [9.17, 15) is 14.7 Å². The first-order chi connectivity index (χ1) is 14.0. The molecule has 1 N–H and O–H groups in total. The Kier molecular flexibility index (Phi) is 8.18. The highest BCUT2D eigenvalue weighted by atomic mass is 16.5. The van der Waals surface area contributed by atoms with E-state index in [0.717, 1.165) is 0 Å². The lowest BCUT2D eigenvalue weighted by Crippen LogP contribution is -2.02. The van der Waals surface area contributed by atoms with E-state index in [2.05, 4.69) is 0 Å². The van der Waals surface area contributed by atoms with Gasteiger partial charge in [-0.2, -0.15) is 0 Å². The molecule has 0 aliphatic carbocycles. The Hall–Kier alpha value is -3.38. The monoisotopic (exact) mass is 396 g/mol. The molecule has 6 nitrogen and oxygen atoms in total. The first-order valence-corrected chi connectivity index (χ1v) is 8.93. The predicted molar refractivity (Wildman–Crippen MR) is 111 cm³/mol. The number of allylic oxidation sites excluding steroid dienone is 2. The van der Waals surface area contributed by atoms with Crippen molar-refractivity contribution in [1.82, 2.24) is 0 Å². The van der Waals surface area contributed by atoms with E-state index in [1.807, 2.05) is 0 Å². The zero-order chi connectivity index (χ0) is 21.2. The van der Waals surface area contributed by atoms with Gasteiger partial charge in [-0.25, -0.2) is 0 Å². The molecule has 2 aromatic carbocycles. The lowest BCUT2D eigenvalue weighted by atomic mass is 10.1. The zero-order valence-electron chi connectivity index (χ0n) is 16.7. The number of aliphatic hydroxyl groups is 1. The number of hydrogen-bond donors (Lipinski definition) is 1. The minimum absolute atomic E-state index is 0.171. The summed E-state index contributed by atoms with van der Waals surface area (Å²) >= 11 is 0. The topological polar surface area (TPSA) is 82.1 Å². The van der Waals surface area contributed by atoms with E-state index in [1.165, 1.54) is 33.5 Å². The fraction of sp³-hybridized carbons (Fsp3) is 0.217. The summed E-state index contributed by atoms with van der Waals surface area (Å²) in [4.78, 5) is 24.3. The fourth-order valence-electron chi connectivity index (χ4n) is 2.81. The number of ketones is 2. The van der Waals surface area contributed by atoms with Crippen molar-refractivity contribution in [3.63, 3.8) is 0 Å². The van der Waals surface area contributed by atoms with Gasteiger partial charge in [0.25, 0.3) is 0 Å². The Labute approximate surface area is 170 Å². The highest BCUT2D eigenvalue weighted by Crippen LogP contribution is 2.31. The van der Waals surface area contributed by atoms with Crippen molar-refractivity contribution in [2.45, 2.75) is 13.0 Å². The Balaban J connectivity index is 2.06. The number of aliphatic hydroxyl groups excluding tert-OH is 1. The van der Waals surface area contributed by atoms with E-state index in [0.29, 0.717) is 33.9 Å². The van der Waals surface area contributed by atoms with Crippen LogP contribution in [0.3, 0.4) is 0 Å². The number of benzene rings is 2. The number of carbonyl (C=O) groups is 2. The van der Waals surface area contributed by atoms with Gasteiger partial charge in [0.05, 0.1) is 34.4 Å². The molecule has 0 saturated heterocycles. The molecule has 0 amide bonds. The van der Waals surface area contributed by atoms with Crippen LogP contribution in [0.4, 0.5) is 0 Å². The van der Waals surface area contributed by atoms with Crippen molar-refractivity contribution in [2.75, 3.05) is 21.3 Å². The molecule has 0 fully saturated rings. The third-order valence-corrected chi connectivity index (χ3v) is 4.18. The molecule has 0 aliphatic rings. The first kappa shape index (κ1) is 21.9. The molecule has 0 spiro atoms. The van der Waals surface area contributed by atoms with Gasteiger partial charge >= 0.3 is 0 Å². The molecule has 2 aromatic rings. The van der Waals surface area contributed by atoms with Crippen molar-refractivity contribution < 1.29 is 28.9 Å². The quantitative estimate of drug-likeness (QED) is 0.489. The third kappa shape index (κ3) is 5.80. The highest BCUT2D eigenvalue weighted by Gasteiger charge is 2.09. The molecule has 0 saturated carbocycles. The number of carbonyl (C=O) groups excluding carboxylic acids is 2. The Morgan fingerprint density at radius 2 is 1.38 bits per heavy atom. The highest BCUT2D eigenvalue weighted by molar-refractivity contribution is 6.11. The molecule has 0 unspecified atom stereocenters. The second-order valence-electron chi connectivity index (χ2n) is 6.06. The lowest BCUT2D eigenvalue weighted by Gasteiger charge is -2.09. The normalized spacial score (nSPS) is 11.0. The molecule has 2 rings (SSSR count). The van der Waals surface area contributed by atoms with E-state index in [1.54, 1.807) is 48.6 Å². The number of hydrogen-bond acceptors (Lipinski definition) is 6. The average molecular weight is 396 g/mol. The van der Waals surface area contributed by atoms with Crippen molar-refractivity contribution in [3.8, 4) is 17.2 Å². The van der Waals surface area contributed by atoms with Crippen LogP contribution in [0.1, 0.15) is 23.1 Å². The SMILES string of the molecule is COc1cccc(/C=C/C(=O)CC(=O)/C=C/c2cccc(CO)c2OC)c1OC. The van der Waals surface area contributed by atoms with E-state index >= 15 is 0 Å². The maximum atomic E-state index is 12.1. The lowest BCUT2D eigenvalue weighted by molar-refractivity contribution is -0.121. The van der Waals surface area contributed by atoms with Crippen molar-refractivity contribution in [3.05, 3.63) is 65.2 Å². The van der Waals surface area contributed by atoms with Gasteiger partial charge in [0.15, 0.2) is 23.1 Å². The summed E-state index contributed by atoms with van der Waals surface area (Å²) in [6.07, 6.45) is 5.57. The van der Waals surface area contributed by atoms with Crippen LogP contribution in [0.2, 0.25) is 0 Å². The van der Waals surface area contributed by atoms with Gasteiger partial charge in [-0.15, -0.1) is 0 Å². The smallest absolute Gasteiger partial charge is 0.167 e. The molecule has 0 heterocycles. The van der Waals surface area contributed by atoms with Crippen LogP contribution < -0.4 is 14.2 Å². The minimum atomic E-state index is -0.339. The van der Waals surface area contributed by atoms with Crippen LogP contribution in [0.15, 0.2) is 48.6 Å². The summed E-state index contributed by atoms with van der Waals surface area (Å²) in [7, 11) is 4.55. The molecule has 152 valence electrons. The summed E-state index contributed by atoms with van der Waals surface area (Å²) in [5, 5.41) is 9.35. The van der Waals surface area contributed by atoms with Gasteiger partial charge in [-0.3, -0.25) is 9.59 Å². The predicted octanol–water partition coefficient (Wildman–Crippen LogP) is 3.46. The third-order valence-electron chi connectivity index (χ3n) is 4.18. The number of rotatable bonds is 10. The molecular weight excluding hydrogens is 372 g/mol. The number of methoxy groups -OCH3 is 3. The van der Waals surface area contributed by atoms with Gasteiger partial charge < -0.3 is 19.3 Å². The molecule has 6 heteroatoms. The van der Waals surface area contributed by atoms with Crippen molar-refractivity contribution in [2.24, 2.45) is 0 Å². The average Bonchev–Trinajstić information content (AvgIpc) is 2.75. The van der Waals surface area contributed by atoms with Crippen LogP contribution in [0.5, 0.6) is 17.2 Å². The van der Waals surface area contributed by atoms with Gasteiger partial charge in [-0.05, 0) is 30.4 Å². The van der Waals surface area contributed by atoms with E-state index in [-0.39, 0.29) is 24.6 Å². The Morgan fingerprint density at radius 3 is 1.90 bits per heavy atom. The maximum Gasteiger partial charge on any atom is 0.167 e. The maximum absolute atomic E-state index is 12.1. The second-order valence-corrected chi connectivity index (χ2v) is 6.06. The molecule has 0 aromatic heterocycles. The van der Waals surface area contributed by atoms with Crippen LogP contribution in [0.25, 0.3) is 12.2 Å². The van der Waals surface area contributed by atoms with Gasteiger partial charge in [0.1, 0.15) is 5.75 Å². The van der Waals surface area contributed by atoms with Crippen molar-refractivity contribution >= 4 is 23.7 Å². The van der Waals surface area contributed by atoms with Gasteiger partial charge in [0.2, 0.25) is 0 Å². The molecule has 0 aliphatic heterocycles. The summed E-state index contributed by atoms with van der Waals surface area (Å²) in [6, 6.07) is 10.6. The standard InChI is InChI=1S/C23H24O6/c1-27-21-9-5-7-17(23(21)29-3)11-13-20(26)14-19(25)12-10-16-6-4-8-18(15-24)22(16)28-2/h4-13,24H,14-15H2,1-3H3/b12-10+,13-11+. The second kappa shape index (κ2) is 10.8. The largest absolute Gasteiger partial charge is 0.496 e. The van der Waals surface area contributed by atoms with E-state index < -0.39 is 0 Å². The minimum Gasteiger partial charge on any atom is -0.496 e. The Bertz CT molecular complexity index is 851. The molecule has 0 radical (unpaired) electrons. The fourth-order valence-corrected chi connectivity index (χ4v) is 2.81. The molecule has 0 atom stereocenters. The molecule has 29 heavy (non-hydrogen) atoms. The number of ether oxygens (including phenoxy) is 3. The summed E-state index contributed by atoms with van der Waals surface area (Å²) in [5.41, 5.74) is 1.94. The van der Waals surface area contributed by atoms with Crippen LogP contribution in [0, 0.1) is 0 Å². The van der Waals surface area contributed by atoms with Gasteiger partial charge in [0, 0.05) is 16.7 Å². The Morgan fingerprint density at radius 1 is 0.828 bits per heavy atom. The first-order valence-electron chi connectivity index (χ1n) is 8.93. The van der Waals surface area contributed by atoms with E-state index in [4.69, 9.17) is 14.2 Å². The molecule has 0 bridgehead atoms. The zero-order valence-corrected chi connectivity index (χ0v) is 16.7. The van der Waals surface area contributed by atoms with Crippen LogP contribution >= 0.6 is 0 Å². The molecular formula is C23H24O6. The van der Waals surface area contributed by atoms with Crippen molar-refractivity contribution in [1.29, 1.82) is 0 Å². The summed E-state index contributed by atoms with van der Waals surface area (Å²) < 4.78 is 15.8. The van der Waals surface area contributed by atoms with Crippen LogP contribution in [-0.2, 0) is 16.2 Å². The summed E-state index contributed by atoms with van der Waals surface area (Å²) in [5.74, 6) is 0.894. The van der Waals surface area contributed by atoms with Gasteiger partial charge in [-0.1, -0.05) is 30.3 Å².